The Labute approximate surface area is 84.1 Å². The number of ether oxygens (including phenoxy) is 1. The maximum absolute atomic E-state index is 5.47. The van der Waals surface area contributed by atoms with Gasteiger partial charge in [-0.2, -0.15) is 0 Å². The number of hydrogen-bond acceptors (Lipinski definition) is 3. The fourth-order valence-corrected chi connectivity index (χ4v) is 1.79. The third-order valence-corrected chi connectivity index (χ3v) is 2.84. The molecular formula is C10H17N3O. The summed E-state index contributed by atoms with van der Waals surface area (Å²) in [5, 5.41) is 3.47. The van der Waals surface area contributed by atoms with E-state index in [1.54, 1.807) is 6.33 Å². The Balaban J connectivity index is 1.85. The predicted octanol–water partition coefficient (Wildman–Crippen LogP) is 0.985. The molecule has 14 heavy (non-hydrogen) atoms. The van der Waals surface area contributed by atoms with Gasteiger partial charge in [0.05, 0.1) is 18.1 Å². The molecule has 0 spiro atoms. The first-order valence-corrected chi connectivity index (χ1v) is 5.11. The predicted molar refractivity (Wildman–Crippen MR) is 54.0 cm³/mol. The van der Waals surface area contributed by atoms with Crippen molar-refractivity contribution in [3.8, 4) is 0 Å². The molecule has 78 valence electrons. The molecule has 1 fully saturated rings. The zero-order valence-electron chi connectivity index (χ0n) is 8.71. The number of nitrogens with one attached hydrogen (secondary N) is 2. The van der Waals surface area contributed by atoms with Crippen LogP contribution in [0.4, 0.5) is 0 Å². The Morgan fingerprint density at radius 1 is 1.71 bits per heavy atom. The molecule has 2 unspecified atom stereocenters. The van der Waals surface area contributed by atoms with Gasteiger partial charge >= 0.3 is 0 Å². The summed E-state index contributed by atoms with van der Waals surface area (Å²) in [6, 6.07) is 0.478. The molecule has 4 nitrogen and oxygen atoms in total. The summed E-state index contributed by atoms with van der Waals surface area (Å²) in [4.78, 5) is 7.32. The van der Waals surface area contributed by atoms with Crippen molar-refractivity contribution in [2.45, 2.75) is 39.0 Å². The van der Waals surface area contributed by atoms with E-state index in [2.05, 4.69) is 22.2 Å². The van der Waals surface area contributed by atoms with Crippen molar-refractivity contribution in [3.05, 3.63) is 17.7 Å². The molecule has 1 aliphatic heterocycles. The number of aromatic nitrogens is 2. The van der Waals surface area contributed by atoms with Gasteiger partial charge in [0.15, 0.2) is 0 Å². The van der Waals surface area contributed by atoms with Gasteiger partial charge in [-0.3, -0.25) is 0 Å². The first-order chi connectivity index (χ1) is 6.77. The third-order valence-electron chi connectivity index (χ3n) is 2.84. The van der Waals surface area contributed by atoms with Gasteiger partial charge in [0.25, 0.3) is 0 Å². The Bertz CT molecular complexity index is 297. The molecule has 0 bridgehead atoms. The Kier molecular flexibility index (Phi) is 2.84. The second-order valence-electron chi connectivity index (χ2n) is 3.83. The van der Waals surface area contributed by atoms with Crippen LogP contribution >= 0.6 is 0 Å². The lowest BCUT2D eigenvalue weighted by atomic mass is 10.1. The lowest BCUT2D eigenvalue weighted by molar-refractivity contribution is 0.113. The van der Waals surface area contributed by atoms with Gasteiger partial charge in [-0.15, -0.1) is 0 Å². The van der Waals surface area contributed by atoms with E-state index in [4.69, 9.17) is 4.74 Å². The lowest BCUT2D eigenvalue weighted by Crippen LogP contribution is -2.34. The third kappa shape index (κ3) is 1.96. The summed E-state index contributed by atoms with van der Waals surface area (Å²) in [5.41, 5.74) is 2.24. The van der Waals surface area contributed by atoms with Gasteiger partial charge < -0.3 is 15.0 Å². The Morgan fingerprint density at radius 3 is 3.14 bits per heavy atom. The first-order valence-electron chi connectivity index (χ1n) is 5.11. The van der Waals surface area contributed by atoms with Gasteiger partial charge in [0.2, 0.25) is 0 Å². The molecule has 0 saturated carbocycles. The second kappa shape index (κ2) is 4.11. The Hall–Kier alpha value is -0.870. The number of aromatic amines is 1. The van der Waals surface area contributed by atoms with Crippen LogP contribution in [0.2, 0.25) is 0 Å². The van der Waals surface area contributed by atoms with E-state index in [1.807, 2.05) is 6.92 Å². The molecule has 2 heterocycles. The van der Waals surface area contributed by atoms with E-state index >= 15 is 0 Å². The highest BCUT2D eigenvalue weighted by Crippen LogP contribution is 2.13. The van der Waals surface area contributed by atoms with Crippen molar-refractivity contribution >= 4 is 0 Å². The van der Waals surface area contributed by atoms with Crippen LogP contribution < -0.4 is 5.32 Å². The highest BCUT2D eigenvalue weighted by atomic mass is 16.5. The first kappa shape index (κ1) is 9.68. The van der Waals surface area contributed by atoms with Gasteiger partial charge in [-0.1, -0.05) is 0 Å². The number of hydrogen-bond donors (Lipinski definition) is 2. The van der Waals surface area contributed by atoms with E-state index in [9.17, 15) is 0 Å². The van der Waals surface area contributed by atoms with Crippen LogP contribution in [-0.4, -0.2) is 28.7 Å². The monoisotopic (exact) mass is 195 g/mol. The van der Waals surface area contributed by atoms with Crippen molar-refractivity contribution in [2.24, 2.45) is 0 Å². The quantitative estimate of drug-likeness (QED) is 0.756. The number of aryl methyl sites for hydroxylation is 1. The van der Waals surface area contributed by atoms with E-state index < -0.39 is 0 Å². The molecule has 2 rings (SSSR count). The number of rotatable bonds is 3. The zero-order valence-corrected chi connectivity index (χ0v) is 8.71. The minimum Gasteiger partial charge on any atom is -0.377 e. The van der Waals surface area contributed by atoms with Crippen molar-refractivity contribution in [2.75, 3.05) is 6.61 Å². The molecule has 1 aromatic rings. The number of nitrogens with zero attached hydrogens (tertiary/aromatic N) is 1. The molecule has 4 heteroatoms. The summed E-state index contributed by atoms with van der Waals surface area (Å²) in [7, 11) is 0. The standard InChI is InChI=1S/C10H17N3O/c1-7-10(13-6-12-7)5-11-9-3-4-14-8(9)2/h6,8-9,11H,3-5H2,1-2H3,(H,12,13). The summed E-state index contributed by atoms with van der Waals surface area (Å²) in [6.07, 6.45) is 3.17. The molecule has 0 aromatic carbocycles. The fourth-order valence-electron chi connectivity index (χ4n) is 1.79. The van der Waals surface area contributed by atoms with Crippen LogP contribution in [0.15, 0.2) is 6.33 Å². The maximum atomic E-state index is 5.47. The molecule has 2 atom stereocenters. The molecule has 1 aromatic heterocycles. The highest BCUT2D eigenvalue weighted by Gasteiger charge is 2.23. The average Bonchev–Trinajstić information content (AvgIpc) is 2.72. The molecule has 2 N–H and O–H groups in total. The van der Waals surface area contributed by atoms with Crippen molar-refractivity contribution in [1.29, 1.82) is 0 Å². The zero-order chi connectivity index (χ0) is 9.97. The normalized spacial score (nSPS) is 27.0. The average molecular weight is 195 g/mol. The van der Waals surface area contributed by atoms with E-state index in [0.717, 1.165) is 31.0 Å². The smallest absolute Gasteiger partial charge is 0.0925 e. The van der Waals surface area contributed by atoms with Crippen LogP contribution in [-0.2, 0) is 11.3 Å². The van der Waals surface area contributed by atoms with Crippen molar-refractivity contribution in [3.63, 3.8) is 0 Å². The summed E-state index contributed by atoms with van der Waals surface area (Å²) < 4.78 is 5.47. The highest BCUT2D eigenvalue weighted by molar-refractivity contribution is 5.08. The van der Waals surface area contributed by atoms with Gasteiger partial charge in [0.1, 0.15) is 0 Å². The van der Waals surface area contributed by atoms with Gasteiger partial charge in [0, 0.05) is 24.9 Å². The molecule has 0 aliphatic carbocycles. The topological polar surface area (TPSA) is 49.9 Å². The fraction of sp³-hybridized carbons (Fsp3) is 0.700. The minimum absolute atomic E-state index is 0.328. The molecule has 0 radical (unpaired) electrons. The summed E-state index contributed by atoms with van der Waals surface area (Å²) in [5.74, 6) is 0. The minimum atomic E-state index is 0.328. The second-order valence-corrected chi connectivity index (χ2v) is 3.83. The van der Waals surface area contributed by atoms with Crippen LogP contribution in [0.5, 0.6) is 0 Å². The number of imidazole rings is 1. The molecule has 0 amide bonds. The van der Waals surface area contributed by atoms with E-state index in [0.29, 0.717) is 12.1 Å². The van der Waals surface area contributed by atoms with Crippen LogP contribution in [0.25, 0.3) is 0 Å². The summed E-state index contributed by atoms with van der Waals surface area (Å²) >= 11 is 0. The summed E-state index contributed by atoms with van der Waals surface area (Å²) in [6.45, 7) is 5.85. The van der Waals surface area contributed by atoms with Gasteiger partial charge in [-0.25, -0.2) is 4.98 Å². The van der Waals surface area contributed by atoms with Crippen LogP contribution in [0.3, 0.4) is 0 Å². The van der Waals surface area contributed by atoms with Gasteiger partial charge in [-0.05, 0) is 20.3 Å². The van der Waals surface area contributed by atoms with Crippen molar-refractivity contribution in [1.82, 2.24) is 15.3 Å². The Morgan fingerprint density at radius 2 is 2.57 bits per heavy atom. The lowest BCUT2D eigenvalue weighted by Gasteiger charge is -2.15. The van der Waals surface area contributed by atoms with E-state index in [1.165, 1.54) is 0 Å². The number of H-pyrrole nitrogens is 1. The SMILES string of the molecule is Cc1[nH]cnc1CNC1CCOC1C. The molecular weight excluding hydrogens is 178 g/mol. The largest absolute Gasteiger partial charge is 0.377 e. The maximum Gasteiger partial charge on any atom is 0.0925 e. The van der Waals surface area contributed by atoms with E-state index in [-0.39, 0.29) is 0 Å². The van der Waals surface area contributed by atoms with Crippen LogP contribution in [0, 0.1) is 6.92 Å². The van der Waals surface area contributed by atoms with Crippen LogP contribution in [0.1, 0.15) is 24.7 Å². The van der Waals surface area contributed by atoms with Crippen molar-refractivity contribution < 1.29 is 4.74 Å². The molecule has 1 saturated heterocycles. The molecule has 1 aliphatic rings.